The van der Waals surface area contributed by atoms with E-state index in [1.54, 1.807) is 0 Å². The molecule has 0 saturated carbocycles. The first kappa shape index (κ1) is 14.0. The fraction of sp³-hybridized carbons (Fsp3) is 0.353. The van der Waals surface area contributed by atoms with Crippen LogP contribution in [-0.2, 0) is 16.1 Å². The number of hydrogen-bond donors (Lipinski definition) is 2. The molecule has 0 spiro atoms. The fourth-order valence-corrected chi connectivity index (χ4v) is 2.69. The van der Waals surface area contributed by atoms with Crippen LogP contribution < -0.4 is 10.6 Å². The number of fused-ring (bicyclic) bond motifs is 1. The number of benzene rings is 2. The first-order chi connectivity index (χ1) is 10.3. The van der Waals surface area contributed by atoms with Gasteiger partial charge in [0.15, 0.2) is 0 Å². The van der Waals surface area contributed by atoms with Crippen molar-refractivity contribution < 1.29 is 9.53 Å². The lowest BCUT2D eigenvalue weighted by Crippen LogP contribution is -2.44. The highest BCUT2D eigenvalue weighted by atomic mass is 16.5. The monoisotopic (exact) mass is 284 g/mol. The summed E-state index contributed by atoms with van der Waals surface area (Å²) in [5.41, 5.74) is 1.15. The third-order valence-corrected chi connectivity index (χ3v) is 3.79. The molecule has 1 unspecified atom stereocenters. The van der Waals surface area contributed by atoms with Gasteiger partial charge < -0.3 is 15.4 Å². The van der Waals surface area contributed by atoms with Crippen molar-refractivity contribution in [1.29, 1.82) is 0 Å². The second kappa shape index (κ2) is 6.70. The van der Waals surface area contributed by atoms with Crippen molar-refractivity contribution in [3.05, 3.63) is 48.0 Å². The Balaban J connectivity index is 1.59. The molecular weight excluding hydrogens is 264 g/mol. The summed E-state index contributed by atoms with van der Waals surface area (Å²) in [7, 11) is 0. The number of carbonyl (C=O) groups excluding carboxylic acids is 1. The quantitative estimate of drug-likeness (QED) is 0.900. The summed E-state index contributed by atoms with van der Waals surface area (Å²) in [5.74, 6) is 0.0611. The highest BCUT2D eigenvalue weighted by Gasteiger charge is 2.16. The molecule has 2 N–H and O–H groups in total. The van der Waals surface area contributed by atoms with Crippen LogP contribution in [0.5, 0.6) is 0 Å². The van der Waals surface area contributed by atoms with E-state index >= 15 is 0 Å². The summed E-state index contributed by atoms with van der Waals surface area (Å²) in [5, 5.41) is 8.69. The van der Waals surface area contributed by atoms with Gasteiger partial charge in [-0.1, -0.05) is 42.5 Å². The largest absolute Gasteiger partial charge is 0.378 e. The number of carbonyl (C=O) groups is 1. The molecule has 21 heavy (non-hydrogen) atoms. The topological polar surface area (TPSA) is 50.4 Å². The van der Waals surface area contributed by atoms with E-state index in [0.29, 0.717) is 19.6 Å². The van der Waals surface area contributed by atoms with Gasteiger partial charge in [-0.3, -0.25) is 4.79 Å². The molecule has 3 rings (SSSR count). The van der Waals surface area contributed by atoms with Gasteiger partial charge in [-0.05, 0) is 16.3 Å². The van der Waals surface area contributed by atoms with E-state index in [9.17, 15) is 4.79 Å². The molecule has 1 amide bonds. The molecule has 0 radical (unpaired) electrons. The summed E-state index contributed by atoms with van der Waals surface area (Å²) in [6, 6.07) is 14.5. The number of rotatable bonds is 4. The third-order valence-electron chi connectivity index (χ3n) is 3.79. The minimum absolute atomic E-state index is 0.0611. The van der Waals surface area contributed by atoms with E-state index < -0.39 is 0 Å². The van der Waals surface area contributed by atoms with Gasteiger partial charge in [-0.15, -0.1) is 0 Å². The number of hydrogen-bond acceptors (Lipinski definition) is 3. The summed E-state index contributed by atoms with van der Waals surface area (Å²) in [4.78, 5) is 12.0. The first-order valence-electron chi connectivity index (χ1n) is 7.37. The van der Waals surface area contributed by atoms with Crippen LogP contribution in [-0.4, -0.2) is 31.7 Å². The van der Waals surface area contributed by atoms with Crippen LogP contribution in [0.15, 0.2) is 42.5 Å². The van der Waals surface area contributed by atoms with E-state index in [1.165, 1.54) is 10.8 Å². The van der Waals surface area contributed by atoms with E-state index in [0.717, 1.165) is 18.7 Å². The number of ether oxygens (including phenoxy) is 1. The van der Waals surface area contributed by atoms with E-state index in [1.807, 2.05) is 18.2 Å². The van der Waals surface area contributed by atoms with E-state index in [2.05, 4.69) is 34.9 Å². The average molecular weight is 284 g/mol. The van der Waals surface area contributed by atoms with Crippen molar-refractivity contribution in [1.82, 2.24) is 10.6 Å². The van der Waals surface area contributed by atoms with Crippen molar-refractivity contribution in [3.63, 3.8) is 0 Å². The lowest BCUT2D eigenvalue weighted by Gasteiger charge is -2.23. The van der Waals surface area contributed by atoms with Crippen molar-refractivity contribution in [2.75, 3.05) is 19.8 Å². The number of nitrogens with one attached hydrogen (secondary N) is 2. The van der Waals surface area contributed by atoms with Crippen molar-refractivity contribution >= 4 is 16.7 Å². The van der Waals surface area contributed by atoms with Gasteiger partial charge in [0.25, 0.3) is 0 Å². The van der Waals surface area contributed by atoms with Gasteiger partial charge in [0, 0.05) is 25.6 Å². The molecule has 0 aliphatic carbocycles. The average Bonchev–Trinajstić information content (AvgIpc) is 2.54. The minimum atomic E-state index is 0.0611. The molecule has 2 aromatic carbocycles. The summed E-state index contributed by atoms with van der Waals surface area (Å²) in [6.45, 7) is 2.73. The molecule has 1 aliphatic rings. The molecule has 0 bridgehead atoms. The maximum Gasteiger partial charge on any atom is 0.221 e. The molecule has 1 saturated heterocycles. The Morgan fingerprint density at radius 1 is 1.24 bits per heavy atom. The van der Waals surface area contributed by atoms with Crippen LogP contribution in [0.25, 0.3) is 10.8 Å². The lowest BCUT2D eigenvalue weighted by molar-refractivity contribution is -0.122. The molecule has 110 valence electrons. The zero-order valence-corrected chi connectivity index (χ0v) is 12.0. The molecule has 2 aromatic rings. The predicted octanol–water partition coefficient (Wildman–Crippen LogP) is 1.83. The Morgan fingerprint density at radius 3 is 2.95 bits per heavy atom. The standard InChI is InChI=1S/C17H20N2O2/c20-17(10-15-12-21-9-8-18-15)19-11-14-6-3-5-13-4-1-2-7-16(13)14/h1-7,15,18H,8-12H2,(H,19,20). The molecule has 1 fully saturated rings. The normalized spacial score (nSPS) is 18.6. The molecule has 1 heterocycles. The third kappa shape index (κ3) is 3.60. The Labute approximate surface area is 124 Å². The second-order valence-corrected chi connectivity index (χ2v) is 5.35. The van der Waals surface area contributed by atoms with Crippen LogP contribution in [0.3, 0.4) is 0 Å². The first-order valence-corrected chi connectivity index (χ1v) is 7.37. The Morgan fingerprint density at radius 2 is 2.10 bits per heavy atom. The zero-order valence-electron chi connectivity index (χ0n) is 12.0. The van der Waals surface area contributed by atoms with Gasteiger partial charge in [0.1, 0.15) is 0 Å². The van der Waals surface area contributed by atoms with Crippen LogP contribution in [0.2, 0.25) is 0 Å². The van der Waals surface area contributed by atoms with Gasteiger partial charge in [-0.25, -0.2) is 0 Å². The smallest absolute Gasteiger partial charge is 0.221 e. The molecular formula is C17H20N2O2. The van der Waals surface area contributed by atoms with E-state index in [-0.39, 0.29) is 11.9 Å². The summed E-state index contributed by atoms with van der Waals surface area (Å²) < 4.78 is 5.36. The molecule has 4 nitrogen and oxygen atoms in total. The molecule has 1 aliphatic heterocycles. The lowest BCUT2D eigenvalue weighted by atomic mass is 10.0. The number of morpholine rings is 1. The molecule has 4 heteroatoms. The van der Waals surface area contributed by atoms with Gasteiger partial charge in [-0.2, -0.15) is 0 Å². The second-order valence-electron chi connectivity index (χ2n) is 5.35. The Kier molecular flexibility index (Phi) is 4.48. The van der Waals surface area contributed by atoms with Crippen molar-refractivity contribution in [3.8, 4) is 0 Å². The highest BCUT2D eigenvalue weighted by molar-refractivity contribution is 5.86. The van der Waals surface area contributed by atoms with Crippen LogP contribution in [0.1, 0.15) is 12.0 Å². The Hall–Kier alpha value is -1.91. The number of amides is 1. The molecule has 0 aromatic heterocycles. The van der Waals surface area contributed by atoms with Gasteiger partial charge in [0.2, 0.25) is 5.91 Å². The summed E-state index contributed by atoms with van der Waals surface area (Å²) in [6.07, 6.45) is 0.463. The fourth-order valence-electron chi connectivity index (χ4n) is 2.69. The van der Waals surface area contributed by atoms with Crippen LogP contribution >= 0.6 is 0 Å². The highest BCUT2D eigenvalue weighted by Crippen LogP contribution is 2.18. The van der Waals surface area contributed by atoms with Crippen LogP contribution in [0, 0.1) is 0 Å². The maximum absolute atomic E-state index is 12.0. The minimum Gasteiger partial charge on any atom is -0.378 e. The van der Waals surface area contributed by atoms with E-state index in [4.69, 9.17) is 4.74 Å². The predicted molar refractivity (Wildman–Crippen MR) is 83.0 cm³/mol. The van der Waals surface area contributed by atoms with Gasteiger partial charge in [0.05, 0.1) is 13.2 Å². The van der Waals surface area contributed by atoms with Gasteiger partial charge >= 0.3 is 0 Å². The van der Waals surface area contributed by atoms with Crippen molar-refractivity contribution in [2.45, 2.75) is 19.0 Å². The Bertz CT molecular complexity index is 616. The van der Waals surface area contributed by atoms with Crippen molar-refractivity contribution in [2.24, 2.45) is 0 Å². The maximum atomic E-state index is 12.0. The molecule has 1 atom stereocenters. The SMILES string of the molecule is O=C(CC1COCCN1)NCc1cccc2ccccc12. The zero-order chi connectivity index (χ0) is 14.5. The summed E-state index contributed by atoms with van der Waals surface area (Å²) >= 11 is 0. The van der Waals surface area contributed by atoms with Crippen LogP contribution in [0.4, 0.5) is 0 Å².